The lowest BCUT2D eigenvalue weighted by atomic mass is 10.1. The highest BCUT2D eigenvalue weighted by Gasteiger charge is 2.11. The zero-order chi connectivity index (χ0) is 15.8. The van der Waals surface area contributed by atoms with Gasteiger partial charge in [0.2, 0.25) is 0 Å². The van der Waals surface area contributed by atoms with Crippen molar-refractivity contribution >= 4 is 49.9 Å². The monoisotopic (exact) mass is 336 g/mol. The molecule has 3 aromatic carbocycles. The van der Waals surface area contributed by atoms with Crippen LogP contribution in [0.2, 0.25) is 0 Å². The predicted molar refractivity (Wildman–Crippen MR) is 96.9 cm³/mol. The number of carboxylic acid groups (broad SMARTS) is 1. The van der Waals surface area contributed by atoms with Gasteiger partial charge in [0.1, 0.15) is 4.88 Å². The van der Waals surface area contributed by atoms with E-state index in [1.807, 2.05) is 30.3 Å². The number of thiophene rings is 1. The SMILES string of the molecule is O=C(O)c1cc2c(Sc3ccc4ccccc4c3)cccc2s1. The molecule has 1 heterocycles. The summed E-state index contributed by atoms with van der Waals surface area (Å²) in [6.07, 6.45) is 0. The second kappa shape index (κ2) is 5.72. The molecule has 0 amide bonds. The summed E-state index contributed by atoms with van der Waals surface area (Å²) in [7, 11) is 0. The molecule has 2 nitrogen and oxygen atoms in total. The minimum absolute atomic E-state index is 0.381. The number of carboxylic acids is 1. The van der Waals surface area contributed by atoms with Gasteiger partial charge in [-0.25, -0.2) is 4.79 Å². The average molecular weight is 336 g/mol. The van der Waals surface area contributed by atoms with Crippen LogP contribution in [-0.2, 0) is 0 Å². The Hall–Kier alpha value is -2.30. The van der Waals surface area contributed by atoms with E-state index < -0.39 is 5.97 Å². The number of hydrogen-bond donors (Lipinski definition) is 1. The van der Waals surface area contributed by atoms with E-state index in [9.17, 15) is 9.90 Å². The van der Waals surface area contributed by atoms with Gasteiger partial charge >= 0.3 is 5.97 Å². The van der Waals surface area contributed by atoms with Crippen LogP contribution < -0.4 is 0 Å². The first-order valence-electron chi connectivity index (χ1n) is 7.13. The molecule has 4 heteroatoms. The molecule has 1 N–H and O–H groups in total. The van der Waals surface area contributed by atoms with E-state index in [-0.39, 0.29) is 0 Å². The highest BCUT2D eigenvalue weighted by Crippen LogP contribution is 2.38. The van der Waals surface area contributed by atoms with Gasteiger partial charge in [-0.3, -0.25) is 0 Å². The van der Waals surface area contributed by atoms with E-state index in [2.05, 4.69) is 30.3 Å². The van der Waals surface area contributed by atoms with Gasteiger partial charge in [-0.15, -0.1) is 11.3 Å². The Kier molecular flexibility index (Phi) is 3.56. The minimum atomic E-state index is -0.868. The Bertz CT molecular complexity index is 1030. The van der Waals surface area contributed by atoms with Crippen molar-refractivity contribution < 1.29 is 9.90 Å². The van der Waals surface area contributed by atoms with Gasteiger partial charge in [0.15, 0.2) is 0 Å². The Morgan fingerprint density at radius 3 is 2.57 bits per heavy atom. The maximum atomic E-state index is 11.2. The Labute approximate surface area is 141 Å². The number of aromatic carboxylic acids is 1. The van der Waals surface area contributed by atoms with Crippen molar-refractivity contribution in [1.82, 2.24) is 0 Å². The van der Waals surface area contributed by atoms with Gasteiger partial charge in [0.25, 0.3) is 0 Å². The molecule has 23 heavy (non-hydrogen) atoms. The van der Waals surface area contributed by atoms with E-state index in [0.717, 1.165) is 19.9 Å². The summed E-state index contributed by atoms with van der Waals surface area (Å²) in [5.41, 5.74) is 0. The molecule has 0 atom stereocenters. The van der Waals surface area contributed by atoms with Crippen molar-refractivity contribution in [2.45, 2.75) is 9.79 Å². The number of benzene rings is 3. The molecule has 0 saturated carbocycles. The first-order valence-corrected chi connectivity index (χ1v) is 8.76. The van der Waals surface area contributed by atoms with Gasteiger partial charge in [-0.1, -0.05) is 48.2 Å². The van der Waals surface area contributed by atoms with Crippen LogP contribution >= 0.6 is 23.1 Å². The van der Waals surface area contributed by atoms with Gasteiger partial charge in [-0.2, -0.15) is 0 Å². The first-order chi connectivity index (χ1) is 11.2. The molecule has 0 aliphatic carbocycles. The second-order valence-corrected chi connectivity index (χ2v) is 7.39. The third kappa shape index (κ3) is 2.71. The van der Waals surface area contributed by atoms with E-state index in [4.69, 9.17) is 0 Å². The number of rotatable bonds is 3. The smallest absolute Gasteiger partial charge is 0.345 e. The molecule has 0 aliphatic heterocycles. The maximum Gasteiger partial charge on any atom is 0.345 e. The van der Waals surface area contributed by atoms with Crippen molar-refractivity contribution in [2.24, 2.45) is 0 Å². The van der Waals surface area contributed by atoms with Crippen molar-refractivity contribution in [3.8, 4) is 0 Å². The van der Waals surface area contributed by atoms with Gasteiger partial charge in [-0.05, 0) is 41.1 Å². The number of carbonyl (C=O) groups is 1. The highest BCUT2D eigenvalue weighted by molar-refractivity contribution is 7.99. The zero-order valence-corrected chi connectivity index (χ0v) is 13.7. The van der Waals surface area contributed by atoms with Crippen LogP contribution in [0, 0.1) is 0 Å². The lowest BCUT2D eigenvalue weighted by molar-refractivity contribution is 0.0702. The lowest BCUT2D eigenvalue weighted by Crippen LogP contribution is -1.89. The summed E-state index contributed by atoms with van der Waals surface area (Å²) in [6.45, 7) is 0. The van der Waals surface area contributed by atoms with Crippen LogP contribution in [0.1, 0.15) is 9.67 Å². The van der Waals surface area contributed by atoms with Crippen molar-refractivity contribution in [3.63, 3.8) is 0 Å². The summed E-state index contributed by atoms with van der Waals surface area (Å²) in [5, 5.41) is 12.6. The Morgan fingerprint density at radius 1 is 0.913 bits per heavy atom. The molecule has 0 aliphatic rings. The molecular weight excluding hydrogens is 324 g/mol. The van der Waals surface area contributed by atoms with Crippen molar-refractivity contribution in [2.75, 3.05) is 0 Å². The van der Waals surface area contributed by atoms with E-state index in [0.29, 0.717) is 4.88 Å². The van der Waals surface area contributed by atoms with Crippen LogP contribution in [0.4, 0.5) is 0 Å². The minimum Gasteiger partial charge on any atom is -0.477 e. The summed E-state index contributed by atoms with van der Waals surface area (Å²) in [5.74, 6) is -0.868. The summed E-state index contributed by atoms with van der Waals surface area (Å²) in [6, 6.07) is 22.4. The molecule has 1 aromatic heterocycles. The standard InChI is InChI=1S/C19H12O2S2/c20-19(21)18-11-15-16(6-3-7-17(15)23-18)22-14-9-8-12-4-1-2-5-13(12)10-14/h1-11H,(H,20,21). The third-order valence-electron chi connectivity index (χ3n) is 3.68. The average Bonchev–Trinajstić information content (AvgIpc) is 3.00. The van der Waals surface area contributed by atoms with Crippen LogP contribution in [0.3, 0.4) is 0 Å². The zero-order valence-electron chi connectivity index (χ0n) is 12.0. The Balaban J connectivity index is 1.77. The fourth-order valence-corrected chi connectivity index (χ4v) is 4.58. The van der Waals surface area contributed by atoms with Crippen LogP contribution in [0.5, 0.6) is 0 Å². The molecule has 4 rings (SSSR count). The number of hydrogen-bond acceptors (Lipinski definition) is 3. The number of fused-ring (bicyclic) bond motifs is 2. The molecule has 0 unspecified atom stereocenters. The molecule has 0 spiro atoms. The molecular formula is C19H12O2S2. The fourth-order valence-electron chi connectivity index (χ4n) is 2.59. The topological polar surface area (TPSA) is 37.3 Å². The van der Waals surface area contributed by atoms with E-state index >= 15 is 0 Å². The summed E-state index contributed by atoms with van der Waals surface area (Å²) >= 11 is 2.99. The Morgan fingerprint density at radius 2 is 1.74 bits per heavy atom. The fraction of sp³-hybridized carbons (Fsp3) is 0. The molecule has 0 saturated heterocycles. The molecule has 0 radical (unpaired) electrons. The van der Waals surface area contributed by atoms with Gasteiger partial charge < -0.3 is 5.11 Å². The predicted octanol–water partition coefficient (Wildman–Crippen LogP) is 5.90. The van der Waals surface area contributed by atoms with Crippen LogP contribution in [0.15, 0.2) is 76.5 Å². The first kappa shape index (κ1) is 14.3. The van der Waals surface area contributed by atoms with Crippen LogP contribution in [0.25, 0.3) is 20.9 Å². The second-order valence-electron chi connectivity index (χ2n) is 5.19. The van der Waals surface area contributed by atoms with E-state index in [1.165, 1.54) is 22.1 Å². The molecule has 0 fully saturated rings. The summed E-state index contributed by atoms with van der Waals surface area (Å²) < 4.78 is 1.01. The normalized spacial score (nSPS) is 11.1. The maximum absolute atomic E-state index is 11.2. The molecule has 112 valence electrons. The third-order valence-corrected chi connectivity index (χ3v) is 5.83. The van der Waals surface area contributed by atoms with Crippen molar-refractivity contribution in [3.05, 3.63) is 71.6 Å². The van der Waals surface area contributed by atoms with E-state index in [1.54, 1.807) is 17.8 Å². The van der Waals surface area contributed by atoms with Gasteiger partial charge in [0, 0.05) is 19.9 Å². The lowest BCUT2D eigenvalue weighted by Gasteiger charge is -2.05. The van der Waals surface area contributed by atoms with Crippen LogP contribution in [-0.4, -0.2) is 11.1 Å². The largest absolute Gasteiger partial charge is 0.477 e. The molecule has 4 aromatic rings. The van der Waals surface area contributed by atoms with Gasteiger partial charge in [0.05, 0.1) is 0 Å². The quantitative estimate of drug-likeness (QED) is 0.506. The highest BCUT2D eigenvalue weighted by atomic mass is 32.2. The van der Waals surface area contributed by atoms with Crippen molar-refractivity contribution in [1.29, 1.82) is 0 Å². The molecule has 0 bridgehead atoms. The summed E-state index contributed by atoms with van der Waals surface area (Å²) in [4.78, 5) is 13.8.